The number of amides is 2. The SMILES string of the molecule is COCOc1ccc(CC(=O)NC2C(=O)N3C(C(=O)O)=CCS[C@@H]23)cc1. The lowest BCUT2D eigenvalue weighted by atomic mass is 10.0. The molecule has 9 heteroatoms. The largest absolute Gasteiger partial charge is 0.477 e. The van der Waals surface area contributed by atoms with E-state index in [2.05, 4.69) is 5.32 Å². The van der Waals surface area contributed by atoms with E-state index in [1.165, 1.54) is 29.8 Å². The second-order valence-electron chi connectivity index (χ2n) is 5.74. The molecule has 0 bridgehead atoms. The van der Waals surface area contributed by atoms with Crippen LogP contribution in [0, 0.1) is 0 Å². The smallest absolute Gasteiger partial charge is 0.352 e. The molecule has 2 heterocycles. The number of fused-ring (bicyclic) bond motifs is 1. The fourth-order valence-electron chi connectivity index (χ4n) is 2.78. The molecule has 138 valence electrons. The molecule has 0 saturated carbocycles. The predicted molar refractivity (Wildman–Crippen MR) is 93.4 cm³/mol. The van der Waals surface area contributed by atoms with Crippen LogP contribution in [0.5, 0.6) is 5.75 Å². The van der Waals surface area contributed by atoms with Gasteiger partial charge in [-0.1, -0.05) is 12.1 Å². The van der Waals surface area contributed by atoms with Gasteiger partial charge in [0.25, 0.3) is 5.91 Å². The molecule has 2 amide bonds. The number of β-lactam (4-membered cyclic amide) rings is 1. The van der Waals surface area contributed by atoms with Crippen molar-refractivity contribution in [3.63, 3.8) is 0 Å². The van der Waals surface area contributed by atoms with Crippen molar-refractivity contribution in [2.24, 2.45) is 0 Å². The number of benzene rings is 1. The molecule has 1 aromatic rings. The van der Waals surface area contributed by atoms with Gasteiger partial charge in [-0.05, 0) is 23.8 Å². The first-order valence-electron chi connectivity index (χ1n) is 7.89. The van der Waals surface area contributed by atoms with Gasteiger partial charge in [0.1, 0.15) is 22.9 Å². The van der Waals surface area contributed by atoms with Crippen LogP contribution >= 0.6 is 11.8 Å². The van der Waals surface area contributed by atoms with Crippen molar-refractivity contribution in [2.45, 2.75) is 17.8 Å². The van der Waals surface area contributed by atoms with Gasteiger partial charge in [0.2, 0.25) is 5.91 Å². The summed E-state index contributed by atoms with van der Waals surface area (Å²) in [6.45, 7) is 0.145. The number of carboxylic acids is 1. The van der Waals surface area contributed by atoms with Crippen LogP contribution in [0.4, 0.5) is 0 Å². The zero-order chi connectivity index (χ0) is 18.7. The summed E-state index contributed by atoms with van der Waals surface area (Å²) < 4.78 is 10.1. The number of ether oxygens (including phenoxy) is 2. The molecular formula is C17H18N2O6S. The van der Waals surface area contributed by atoms with Gasteiger partial charge in [0.15, 0.2) is 6.79 Å². The Morgan fingerprint density at radius 3 is 2.73 bits per heavy atom. The number of hydrogen-bond acceptors (Lipinski definition) is 6. The molecule has 0 aromatic heterocycles. The number of carbonyl (C=O) groups excluding carboxylic acids is 2. The van der Waals surface area contributed by atoms with E-state index in [0.717, 1.165) is 5.56 Å². The molecular weight excluding hydrogens is 360 g/mol. The van der Waals surface area contributed by atoms with Gasteiger partial charge in [-0.15, -0.1) is 11.8 Å². The van der Waals surface area contributed by atoms with Crippen LogP contribution in [0.1, 0.15) is 5.56 Å². The maximum Gasteiger partial charge on any atom is 0.352 e. The van der Waals surface area contributed by atoms with E-state index in [1.807, 2.05) is 0 Å². The fraction of sp³-hybridized carbons (Fsp3) is 0.353. The summed E-state index contributed by atoms with van der Waals surface area (Å²) in [5.74, 6) is -0.699. The first-order valence-corrected chi connectivity index (χ1v) is 8.94. The van der Waals surface area contributed by atoms with Crippen LogP contribution in [-0.4, -0.2) is 58.9 Å². The third-order valence-electron chi connectivity index (χ3n) is 4.01. The van der Waals surface area contributed by atoms with E-state index in [1.54, 1.807) is 24.3 Å². The summed E-state index contributed by atoms with van der Waals surface area (Å²) in [6.07, 6.45) is 1.62. The summed E-state index contributed by atoms with van der Waals surface area (Å²) in [6, 6.07) is 6.30. The van der Waals surface area contributed by atoms with Crippen LogP contribution in [0.2, 0.25) is 0 Å². The number of thioether (sulfide) groups is 1. The van der Waals surface area contributed by atoms with Crippen molar-refractivity contribution in [3.05, 3.63) is 41.6 Å². The van der Waals surface area contributed by atoms with Crippen molar-refractivity contribution in [2.75, 3.05) is 19.7 Å². The lowest BCUT2D eigenvalue weighted by Gasteiger charge is -2.48. The molecule has 1 fully saturated rings. The molecule has 2 N–H and O–H groups in total. The Balaban J connectivity index is 1.55. The Morgan fingerprint density at radius 1 is 1.35 bits per heavy atom. The fourth-order valence-corrected chi connectivity index (χ4v) is 3.97. The molecule has 1 unspecified atom stereocenters. The van der Waals surface area contributed by atoms with Crippen LogP contribution in [-0.2, 0) is 25.5 Å². The first kappa shape index (κ1) is 18.3. The van der Waals surface area contributed by atoms with Gasteiger partial charge < -0.3 is 19.9 Å². The Labute approximate surface area is 154 Å². The molecule has 3 rings (SSSR count). The highest BCUT2D eigenvalue weighted by molar-refractivity contribution is 8.00. The van der Waals surface area contributed by atoms with Crippen LogP contribution in [0.25, 0.3) is 0 Å². The van der Waals surface area contributed by atoms with Gasteiger partial charge in [0.05, 0.1) is 6.42 Å². The summed E-state index contributed by atoms with van der Waals surface area (Å²) in [5.41, 5.74) is 0.759. The number of carboxylic acid groups (broad SMARTS) is 1. The third-order valence-corrected chi connectivity index (χ3v) is 5.20. The molecule has 0 radical (unpaired) electrons. The highest BCUT2D eigenvalue weighted by atomic mass is 32.2. The maximum atomic E-state index is 12.2. The minimum Gasteiger partial charge on any atom is -0.477 e. The first-order chi connectivity index (χ1) is 12.5. The molecule has 1 aromatic carbocycles. The average Bonchev–Trinajstić information content (AvgIpc) is 2.64. The highest BCUT2D eigenvalue weighted by Gasteiger charge is 2.52. The number of hydrogen-bond donors (Lipinski definition) is 2. The normalized spacial score (nSPS) is 21.3. The zero-order valence-electron chi connectivity index (χ0n) is 14.0. The number of nitrogens with zero attached hydrogens (tertiary/aromatic N) is 1. The average molecular weight is 378 g/mol. The Hall–Kier alpha value is -2.52. The quantitative estimate of drug-likeness (QED) is 0.528. The van der Waals surface area contributed by atoms with Crippen molar-refractivity contribution < 1.29 is 29.0 Å². The van der Waals surface area contributed by atoms with E-state index in [9.17, 15) is 14.4 Å². The number of carbonyl (C=O) groups is 3. The summed E-state index contributed by atoms with van der Waals surface area (Å²) in [7, 11) is 1.53. The summed E-state index contributed by atoms with van der Waals surface area (Å²) in [4.78, 5) is 36.8. The predicted octanol–water partition coefficient (Wildman–Crippen LogP) is 0.580. The summed E-state index contributed by atoms with van der Waals surface area (Å²) >= 11 is 1.43. The van der Waals surface area contributed by atoms with Gasteiger partial charge in [0, 0.05) is 12.9 Å². The van der Waals surface area contributed by atoms with Crippen LogP contribution in [0.15, 0.2) is 36.0 Å². The second kappa shape index (κ2) is 7.79. The van der Waals surface area contributed by atoms with Crippen LogP contribution in [0.3, 0.4) is 0 Å². The molecule has 2 atom stereocenters. The maximum absolute atomic E-state index is 12.2. The lowest BCUT2D eigenvalue weighted by Crippen LogP contribution is -2.70. The molecule has 2 aliphatic rings. The lowest BCUT2D eigenvalue weighted by molar-refractivity contribution is -0.150. The second-order valence-corrected chi connectivity index (χ2v) is 6.89. The molecule has 8 nitrogen and oxygen atoms in total. The van der Waals surface area contributed by atoms with Gasteiger partial charge in [-0.25, -0.2) is 4.79 Å². The summed E-state index contributed by atoms with van der Waals surface area (Å²) in [5, 5.41) is 11.5. The minimum atomic E-state index is -1.13. The number of rotatable bonds is 7. The molecule has 0 aliphatic carbocycles. The van der Waals surface area contributed by atoms with E-state index in [4.69, 9.17) is 14.6 Å². The van der Waals surface area contributed by atoms with E-state index < -0.39 is 17.9 Å². The van der Waals surface area contributed by atoms with Crippen molar-refractivity contribution in [1.29, 1.82) is 0 Å². The topological polar surface area (TPSA) is 105 Å². The Kier molecular flexibility index (Phi) is 5.48. The zero-order valence-corrected chi connectivity index (χ0v) is 14.8. The Morgan fingerprint density at radius 2 is 2.08 bits per heavy atom. The highest BCUT2D eigenvalue weighted by Crippen LogP contribution is 2.37. The standard InChI is InChI=1S/C17H18N2O6S/c1-24-9-25-11-4-2-10(3-5-11)8-13(20)18-14-15(21)19-12(17(22)23)6-7-26-16(14)19/h2-6,14,16H,7-9H2,1H3,(H,18,20)(H,22,23)/t14?,16-/m0/s1. The Bertz CT molecular complexity index is 748. The monoisotopic (exact) mass is 378 g/mol. The van der Waals surface area contributed by atoms with Crippen molar-refractivity contribution in [1.82, 2.24) is 10.2 Å². The van der Waals surface area contributed by atoms with E-state index >= 15 is 0 Å². The molecule has 26 heavy (non-hydrogen) atoms. The van der Waals surface area contributed by atoms with Gasteiger partial charge in [-0.2, -0.15) is 0 Å². The molecule has 0 spiro atoms. The van der Waals surface area contributed by atoms with Crippen molar-refractivity contribution >= 4 is 29.5 Å². The number of methoxy groups -OCH3 is 1. The van der Waals surface area contributed by atoms with Gasteiger partial charge in [-0.3, -0.25) is 14.5 Å². The minimum absolute atomic E-state index is 0.0177. The van der Waals surface area contributed by atoms with Crippen LogP contribution < -0.4 is 10.1 Å². The van der Waals surface area contributed by atoms with E-state index in [0.29, 0.717) is 11.5 Å². The van der Waals surface area contributed by atoms with Gasteiger partial charge >= 0.3 is 5.97 Å². The number of nitrogens with one attached hydrogen (secondary N) is 1. The number of aliphatic carboxylic acids is 1. The molecule has 2 aliphatic heterocycles. The third kappa shape index (κ3) is 3.68. The molecule has 1 saturated heterocycles. The van der Waals surface area contributed by atoms with E-state index in [-0.39, 0.29) is 30.2 Å². The van der Waals surface area contributed by atoms with Crippen molar-refractivity contribution in [3.8, 4) is 5.75 Å².